The molecule has 1 aliphatic heterocycles. The first-order chi connectivity index (χ1) is 8.81. The van der Waals surface area contributed by atoms with E-state index in [1.54, 1.807) is 0 Å². The molecule has 1 N–H and O–H groups in total. The zero-order valence-electron chi connectivity index (χ0n) is 9.63. The van der Waals surface area contributed by atoms with Crippen LogP contribution in [0.15, 0.2) is 46.9 Å². The van der Waals surface area contributed by atoms with Gasteiger partial charge in [0.1, 0.15) is 5.84 Å². The Kier molecular flexibility index (Phi) is 3.08. The monoisotopic (exact) mass is 260 g/mol. The van der Waals surface area contributed by atoms with Crippen molar-refractivity contribution >= 4 is 27.9 Å². The van der Waals surface area contributed by atoms with E-state index in [1.165, 1.54) is 16.3 Å². The molecule has 0 aromatic heterocycles. The van der Waals surface area contributed by atoms with Crippen molar-refractivity contribution in [1.29, 1.82) is 0 Å². The number of fused-ring (bicyclic) bond motifs is 1. The molecule has 0 saturated heterocycles. The standard InChI is InChI=1S/C13H12N2O2S/c16-18-15-13(14-17-18)8-6-10-5-7-11-3-1-2-4-12(11)9-10/h1-5,7,9H,6,8H2,(H,14,15). The van der Waals surface area contributed by atoms with Crippen LogP contribution in [0.4, 0.5) is 0 Å². The Hall–Kier alpha value is -1.72. The molecule has 1 unspecified atom stereocenters. The van der Waals surface area contributed by atoms with E-state index in [9.17, 15) is 4.21 Å². The fraction of sp³-hybridized carbons (Fsp3) is 0.154. The van der Waals surface area contributed by atoms with Gasteiger partial charge in [0.15, 0.2) is 0 Å². The molecular weight excluding hydrogens is 248 g/mol. The van der Waals surface area contributed by atoms with Crippen molar-refractivity contribution in [3.05, 3.63) is 48.0 Å². The number of benzene rings is 2. The predicted octanol–water partition coefficient (Wildman–Crippen LogP) is 2.28. The number of hydroxylamine groups is 1. The lowest BCUT2D eigenvalue weighted by Crippen LogP contribution is -2.17. The summed E-state index contributed by atoms with van der Waals surface area (Å²) in [4.78, 5) is 0. The molecule has 2 aromatic rings. The lowest BCUT2D eigenvalue weighted by Gasteiger charge is -2.03. The lowest BCUT2D eigenvalue weighted by atomic mass is 10.0. The highest BCUT2D eigenvalue weighted by atomic mass is 32.2. The van der Waals surface area contributed by atoms with Gasteiger partial charge in [0, 0.05) is 6.42 Å². The number of hydrogen-bond donors (Lipinski definition) is 1. The Labute approximate surface area is 107 Å². The first-order valence-electron chi connectivity index (χ1n) is 5.72. The van der Waals surface area contributed by atoms with E-state index in [0.29, 0.717) is 12.3 Å². The minimum Gasteiger partial charge on any atom is -0.235 e. The second kappa shape index (κ2) is 4.88. The van der Waals surface area contributed by atoms with Crippen molar-refractivity contribution in [3.8, 4) is 0 Å². The highest BCUT2D eigenvalue weighted by molar-refractivity contribution is 7.79. The summed E-state index contributed by atoms with van der Waals surface area (Å²) in [5, 5.41) is 2.47. The summed E-state index contributed by atoms with van der Waals surface area (Å²) in [5.41, 5.74) is 3.80. The molecule has 3 rings (SSSR count). The average molecular weight is 260 g/mol. The maximum Gasteiger partial charge on any atom is 0.309 e. The number of rotatable bonds is 3. The van der Waals surface area contributed by atoms with Gasteiger partial charge < -0.3 is 0 Å². The summed E-state index contributed by atoms with van der Waals surface area (Å²) in [7, 11) is 0. The van der Waals surface area contributed by atoms with Crippen molar-refractivity contribution in [2.45, 2.75) is 12.8 Å². The van der Waals surface area contributed by atoms with Crippen LogP contribution in [0, 0.1) is 0 Å². The third-order valence-electron chi connectivity index (χ3n) is 2.88. The largest absolute Gasteiger partial charge is 0.309 e. The molecular formula is C13H12N2O2S. The molecule has 18 heavy (non-hydrogen) atoms. The quantitative estimate of drug-likeness (QED) is 0.921. The zero-order chi connectivity index (χ0) is 12.4. The summed E-state index contributed by atoms with van der Waals surface area (Å²) < 4.78 is 19.3. The van der Waals surface area contributed by atoms with Crippen molar-refractivity contribution in [2.75, 3.05) is 0 Å². The maximum absolute atomic E-state index is 10.9. The normalized spacial score (nSPS) is 18.7. The third kappa shape index (κ3) is 2.42. The van der Waals surface area contributed by atoms with E-state index in [4.69, 9.17) is 0 Å². The van der Waals surface area contributed by atoms with Gasteiger partial charge in [0.2, 0.25) is 0 Å². The van der Waals surface area contributed by atoms with Gasteiger partial charge in [-0.05, 0) is 22.8 Å². The molecule has 4 nitrogen and oxygen atoms in total. The number of nitrogens with zero attached hydrogens (tertiary/aromatic N) is 1. The average Bonchev–Trinajstić information content (AvgIpc) is 2.82. The van der Waals surface area contributed by atoms with E-state index < -0.39 is 11.3 Å². The van der Waals surface area contributed by atoms with Gasteiger partial charge in [-0.15, -0.1) is 4.40 Å². The van der Waals surface area contributed by atoms with Crippen LogP contribution in [0.2, 0.25) is 0 Å². The van der Waals surface area contributed by atoms with E-state index >= 15 is 0 Å². The second-order valence-electron chi connectivity index (χ2n) is 4.12. The van der Waals surface area contributed by atoms with Crippen LogP contribution in [0.25, 0.3) is 10.8 Å². The van der Waals surface area contributed by atoms with Crippen molar-refractivity contribution in [3.63, 3.8) is 0 Å². The summed E-state index contributed by atoms with van der Waals surface area (Å²) in [6, 6.07) is 14.7. The Morgan fingerprint density at radius 1 is 1.11 bits per heavy atom. The highest BCUT2D eigenvalue weighted by Crippen LogP contribution is 2.17. The van der Waals surface area contributed by atoms with E-state index in [-0.39, 0.29) is 0 Å². The number of aryl methyl sites for hydroxylation is 1. The molecule has 0 spiro atoms. The Morgan fingerprint density at radius 3 is 2.72 bits per heavy atom. The molecule has 2 aromatic carbocycles. The minimum atomic E-state index is -1.56. The molecule has 0 saturated carbocycles. The van der Waals surface area contributed by atoms with Crippen LogP contribution in [0.1, 0.15) is 12.0 Å². The van der Waals surface area contributed by atoms with Gasteiger partial charge in [-0.3, -0.25) is 0 Å². The molecule has 1 aliphatic rings. The van der Waals surface area contributed by atoms with Crippen LogP contribution in [0.3, 0.4) is 0 Å². The number of nitrogens with one attached hydrogen (secondary N) is 1. The smallest absolute Gasteiger partial charge is 0.235 e. The fourth-order valence-corrected chi connectivity index (χ4v) is 2.48. The van der Waals surface area contributed by atoms with Crippen LogP contribution in [-0.4, -0.2) is 10.0 Å². The van der Waals surface area contributed by atoms with Gasteiger partial charge in [-0.2, -0.15) is 4.28 Å². The summed E-state index contributed by atoms with van der Waals surface area (Å²) in [6.45, 7) is 0. The Morgan fingerprint density at radius 2 is 1.94 bits per heavy atom. The van der Waals surface area contributed by atoms with Crippen molar-refractivity contribution in [2.24, 2.45) is 4.40 Å². The molecule has 0 amide bonds. The van der Waals surface area contributed by atoms with Gasteiger partial charge in [0.05, 0.1) is 0 Å². The molecule has 0 radical (unpaired) electrons. The van der Waals surface area contributed by atoms with Gasteiger partial charge in [-0.25, -0.2) is 9.69 Å². The van der Waals surface area contributed by atoms with Gasteiger partial charge in [-0.1, -0.05) is 42.5 Å². The zero-order valence-corrected chi connectivity index (χ0v) is 10.4. The molecule has 1 atom stereocenters. The Balaban J connectivity index is 1.75. The fourth-order valence-electron chi connectivity index (χ4n) is 1.96. The third-order valence-corrected chi connectivity index (χ3v) is 3.48. The predicted molar refractivity (Wildman–Crippen MR) is 72.1 cm³/mol. The van der Waals surface area contributed by atoms with Crippen LogP contribution in [0.5, 0.6) is 0 Å². The summed E-state index contributed by atoms with van der Waals surface area (Å²) >= 11 is -1.56. The summed E-state index contributed by atoms with van der Waals surface area (Å²) in [6.07, 6.45) is 1.54. The second-order valence-corrected chi connectivity index (χ2v) is 4.91. The highest BCUT2D eigenvalue weighted by Gasteiger charge is 2.12. The van der Waals surface area contributed by atoms with Crippen LogP contribution in [-0.2, 0) is 22.0 Å². The molecule has 5 heteroatoms. The Bertz CT molecular complexity index is 640. The molecule has 0 fully saturated rings. The van der Waals surface area contributed by atoms with E-state index in [0.717, 1.165) is 6.42 Å². The van der Waals surface area contributed by atoms with Crippen LogP contribution >= 0.6 is 0 Å². The van der Waals surface area contributed by atoms with Gasteiger partial charge in [0.25, 0.3) is 0 Å². The molecule has 1 heterocycles. The SMILES string of the molecule is O=S1N=C(CCc2ccc3ccccc3c2)NO1. The lowest BCUT2D eigenvalue weighted by molar-refractivity contribution is 0.303. The minimum absolute atomic E-state index is 0.640. The first kappa shape index (κ1) is 11.4. The van der Waals surface area contributed by atoms with E-state index in [2.05, 4.69) is 44.5 Å². The van der Waals surface area contributed by atoms with Crippen molar-refractivity contribution < 1.29 is 8.49 Å². The molecule has 0 aliphatic carbocycles. The van der Waals surface area contributed by atoms with E-state index in [1.807, 2.05) is 12.1 Å². The molecule has 0 bridgehead atoms. The maximum atomic E-state index is 10.9. The first-order valence-corrected chi connectivity index (χ1v) is 6.75. The van der Waals surface area contributed by atoms with Gasteiger partial charge >= 0.3 is 11.3 Å². The number of hydrogen-bond acceptors (Lipinski definition) is 3. The summed E-state index contributed by atoms with van der Waals surface area (Å²) in [5.74, 6) is 0.640. The van der Waals surface area contributed by atoms with Crippen molar-refractivity contribution in [1.82, 2.24) is 5.48 Å². The van der Waals surface area contributed by atoms with Crippen LogP contribution < -0.4 is 5.48 Å². The topological polar surface area (TPSA) is 50.7 Å². The molecule has 92 valence electrons. The number of amidine groups is 1.